The van der Waals surface area contributed by atoms with Crippen molar-refractivity contribution in [2.45, 2.75) is 25.4 Å². The first kappa shape index (κ1) is 10.8. The summed E-state index contributed by atoms with van der Waals surface area (Å²) in [6.45, 7) is 2.85. The highest BCUT2D eigenvalue weighted by Crippen LogP contribution is 2.11. The molecule has 0 saturated carbocycles. The van der Waals surface area contributed by atoms with Gasteiger partial charge in [0.1, 0.15) is 0 Å². The average Bonchev–Trinajstić information content (AvgIpc) is 2.17. The van der Waals surface area contributed by atoms with Gasteiger partial charge < -0.3 is 5.73 Å². The van der Waals surface area contributed by atoms with Crippen molar-refractivity contribution in [3.8, 4) is 0 Å². The van der Waals surface area contributed by atoms with Gasteiger partial charge in [-0.3, -0.25) is 4.90 Å². The maximum Gasteiger partial charge on any atom is 0.222 e. The van der Waals surface area contributed by atoms with Crippen LogP contribution in [0, 0.1) is 0 Å². The first-order valence-electron chi connectivity index (χ1n) is 5.19. The number of hydrogen-bond donors (Lipinski definition) is 1. The maximum atomic E-state index is 5.91. The molecule has 4 nitrogen and oxygen atoms in total. The van der Waals surface area contributed by atoms with Crippen molar-refractivity contribution in [3.63, 3.8) is 0 Å². The molecule has 5 heteroatoms. The summed E-state index contributed by atoms with van der Waals surface area (Å²) >= 11 is 5.73. The second-order valence-electron chi connectivity index (χ2n) is 3.95. The molecule has 2 N–H and O–H groups in total. The monoisotopic (exact) mass is 226 g/mol. The van der Waals surface area contributed by atoms with Crippen molar-refractivity contribution in [2.75, 3.05) is 13.1 Å². The average molecular weight is 227 g/mol. The Labute approximate surface area is 94.5 Å². The normalized spacial score (nSPS) is 22.9. The van der Waals surface area contributed by atoms with E-state index in [4.69, 9.17) is 17.3 Å². The number of piperidine rings is 1. The largest absolute Gasteiger partial charge is 0.327 e. The molecular formula is C10H15ClN4. The van der Waals surface area contributed by atoms with E-state index >= 15 is 0 Å². The molecule has 2 rings (SSSR count). The van der Waals surface area contributed by atoms with Crippen molar-refractivity contribution < 1.29 is 0 Å². The topological polar surface area (TPSA) is 55.0 Å². The number of nitrogens with two attached hydrogens (primary N) is 1. The molecule has 15 heavy (non-hydrogen) atoms. The molecular weight excluding hydrogens is 212 g/mol. The number of halogens is 1. The molecule has 1 saturated heterocycles. The van der Waals surface area contributed by atoms with Gasteiger partial charge in [0, 0.05) is 25.3 Å². The Morgan fingerprint density at radius 2 is 2.47 bits per heavy atom. The lowest BCUT2D eigenvalue weighted by atomic mass is 10.1. The molecule has 1 atom stereocenters. The Bertz CT molecular complexity index is 331. The smallest absolute Gasteiger partial charge is 0.222 e. The molecule has 0 aromatic carbocycles. The molecule has 1 fully saturated rings. The first-order valence-corrected chi connectivity index (χ1v) is 5.57. The van der Waals surface area contributed by atoms with Crippen molar-refractivity contribution in [1.82, 2.24) is 14.9 Å². The number of likely N-dealkylation sites (tertiary alicyclic amines) is 1. The minimum atomic E-state index is 0.302. The minimum Gasteiger partial charge on any atom is -0.327 e. The SMILES string of the molecule is NC1CCCN(Cc2ccnc(Cl)n2)C1. The Morgan fingerprint density at radius 3 is 3.20 bits per heavy atom. The van der Waals surface area contributed by atoms with E-state index in [1.807, 2.05) is 6.07 Å². The quantitative estimate of drug-likeness (QED) is 0.766. The van der Waals surface area contributed by atoms with Crippen molar-refractivity contribution in [1.29, 1.82) is 0 Å². The van der Waals surface area contributed by atoms with Crippen LogP contribution in [0.1, 0.15) is 18.5 Å². The van der Waals surface area contributed by atoms with E-state index in [-0.39, 0.29) is 0 Å². The lowest BCUT2D eigenvalue weighted by Gasteiger charge is -2.30. The van der Waals surface area contributed by atoms with Crippen LogP contribution in [0.5, 0.6) is 0 Å². The summed E-state index contributed by atoms with van der Waals surface area (Å²) in [6, 6.07) is 2.20. The highest BCUT2D eigenvalue weighted by Gasteiger charge is 2.16. The minimum absolute atomic E-state index is 0.302. The Kier molecular flexibility index (Phi) is 3.51. The summed E-state index contributed by atoms with van der Waals surface area (Å²) in [7, 11) is 0. The second-order valence-corrected chi connectivity index (χ2v) is 4.29. The van der Waals surface area contributed by atoms with Gasteiger partial charge in [-0.1, -0.05) is 0 Å². The number of rotatable bonds is 2. The van der Waals surface area contributed by atoms with Gasteiger partial charge >= 0.3 is 0 Å². The molecule has 2 heterocycles. The maximum absolute atomic E-state index is 5.91. The summed E-state index contributed by atoms with van der Waals surface area (Å²) in [5, 5.41) is 0.314. The van der Waals surface area contributed by atoms with Gasteiger partial charge in [-0.05, 0) is 37.1 Å². The van der Waals surface area contributed by atoms with Crippen molar-refractivity contribution >= 4 is 11.6 Å². The molecule has 0 radical (unpaired) electrons. The van der Waals surface area contributed by atoms with Crippen LogP contribution in [0.2, 0.25) is 5.28 Å². The van der Waals surface area contributed by atoms with Gasteiger partial charge in [0.2, 0.25) is 5.28 Å². The van der Waals surface area contributed by atoms with E-state index < -0.39 is 0 Å². The molecule has 0 aliphatic carbocycles. The van der Waals surface area contributed by atoms with Crippen LogP contribution in [-0.4, -0.2) is 34.0 Å². The molecule has 82 valence electrons. The molecule has 1 aromatic rings. The zero-order chi connectivity index (χ0) is 10.7. The van der Waals surface area contributed by atoms with E-state index in [0.717, 1.165) is 31.7 Å². The van der Waals surface area contributed by atoms with Crippen LogP contribution in [0.15, 0.2) is 12.3 Å². The Balaban J connectivity index is 1.96. The third-order valence-electron chi connectivity index (χ3n) is 2.61. The lowest BCUT2D eigenvalue weighted by Crippen LogP contribution is -2.42. The van der Waals surface area contributed by atoms with Crippen molar-refractivity contribution in [3.05, 3.63) is 23.2 Å². The fourth-order valence-corrected chi connectivity index (χ4v) is 2.09. The van der Waals surface area contributed by atoms with E-state index in [1.165, 1.54) is 6.42 Å². The Hall–Kier alpha value is -0.710. The summed E-state index contributed by atoms with van der Waals surface area (Å²) < 4.78 is 0. The summed E-state index contributed by atoms with van der Waals surface area (Å²) in [5.41, 5.74) is 6.87. The van der Waals surface area contributed by atoms with Gasteiger partial charge in [0.15, 0.2) is 0 Å². The number of aromatic nitrogens is 2. The fraction of sp³-hybridized carbons (Fsp3) is 0.600. The number of nitrogens with zero attached hydrogens (tertiary/aromatic N) is 3. The molecule has 1 aromatic heterocycles. The van der Waals surface area contributed by atoms with Crippen LogP contribution in [0.4, 0.5) is 0 Å². The van der Waals surface area contributed by atoms with Crippen LogP contribution in [0.3, 0.4) is 0 Å². The fourth-order valence-electron chi connectivity index (χ4n) is 1.92. The van der Waals surface area contributed by atoms with Gasteiger partial charge in [-0.25, -0.2) is 9.97 Å². The first-order chi connectivity index (χ1) is 7.24. The van der Waals surface area contributed by atoms with E-state index in [0.29, 0.717) is 11.3 Å². The number of hydrogen-bond acceptors (Lipinski definition) is 4. The second kappa shape index (κ2) is 4.88. The van der Waals surface area contributed by atoms with E-state index in [9.17, 15) is 0 Å². The third kappa shape index (κ3) is 3.12. The summed E-state index contributed by atoms with van der Waals surface area (Å²) in [5.74, 6) is 0. The molecule has 1 aliphatic heterocycles. The van der Waals surface area contributed by atoms with Crippen LogP contribution >= 0.6 is 11.6 Å². The van der Waals surface area contributed by atoms with Gasteiger partial charge in [0.25, 0.3) is 0 Å². The van der Waals surface area contributed by atoms with E-state index in [2.05, 4.69) is 14.9 Å². The molecule has 0 spiro atoms. The molecule has 0 amide bonds. The van der Waals surface area contributed by atoms with Crippen LogP contribution < -0.4 is 5.73 Å². The highest BCUT2D eigenvalue weighted by atomic mass is 35.5. The van der Waals surface area contributed by atoms with Gasteiger partial charge in [0.05, 0.1) is 5.69 Å². The lowest BCUT2D eigenvalue weighted by molar-refractivity contribution is 0.199. The molecule has 0 bridgehead atoms. The Morgan fingerprint density at radius 1 is 1.60 bits per heavy atom. The predicted octanol–water partition coefficient (Wildman–Crippen LogP) is 1.05. The predicted molar refractivity (Wildman–Crippen MR) is 59.5 cm³/mol. The zero-order valence-electron chi connectivity index (χ0n) is 8.56. The molecule has 1 aliphatic rings. The van der Waals surface area contributed by atoms with Gasteiger partial charge in [-0.2, -0.15) is 0 Å². The van der Waals surface area contributed by atoms with Gasteiger partial charge in [-0.15, -0.1) is 0 Å². The summed E-state index contributed by atoms with van der Waals surface area (Å²) in [6.07, 6.45) is 3.98. The van der Waals surface area contributed by atoms with Crippen LogP contribution in [-0.2, 0) is 6.54 Å². The zero-order valence-corrected chi connectivity index (χ0v) is 9.32. The summed E-state index contributed by atoms with van der Waals surface area (Å²) in [4.78, 5) is 10.3. The van der Waals surface area contributed by atoms with Crippen LogP contribution in [0.25, 0.3) is 0 Å². The standard InChI is InChI=1S/C10H15ClN4/c11-10-13-4-3-9(14-10)7-15-5-1-2-8(12)6-15/h3-4,8H,1-2,5-7,12H2. The third-order valence-corrected chi connectivity index (χ3v) is 2.79. The molecule has 1 unspecified atom stereocenters. The highest BCUT2D eigenvalue weighted by molar-refractivity contribution is 6.28. The van der Waals surface area contributed by atoms with E-state index in [1.54, 1.807) is 6.20 Å². The van der Waals surface area contributed by atoms with Crippen molar-refractivity contribution in [2.24, 2.45) is 5.73 Å².